The molecule has 0 aliphatic carbocycles. The average molecular weight is 564 g/mol. The molecule has 6 rings (SSSR count). The van der Waals surface area contributed by atoms with Gasteiger partial charge < -0.3 is 36.3 Å². The summed E-state index contributed by atoms with van der Waals surface area (Å²) >= 11 is 0. The lowest BCUT2D eigenvalue weighted by atomic mass is 10.0. The maximum atomic E-state index is 5.81. The Morgan fingerprint density at radius 2 is 0.525 bits per heavy atom. The van der Waals surface area contributed by atoms with E-state index in [1.807, 2.05) is 48.5 Å². The van der Waals surface area contributed by atoms with Crippen LogP contribution in [0.2, 0.25) is 0 Å². The van der Waals surface area contributed by atoms with Crippen molar-refractivity contribution in [2.45, 2.75) is 0 Å². The molecule has 198 valence electrons. The van der Waals surface area contributed by atoms with Crippen molar-refractivity contribution in [2.24, 2.45) is 0 Å². The Morgan fingerprint density at radius 1 is 0.300 bits per heavy atom. The molecule has 0 saturated carbocycles. The summed E-state index contributed by atoms with van der Waals surface area (Å²) in [5.41, 5.74) is 22.4. The van der Waals surface area contributed by atoms with Gasteiger partial charge in [-0.15, -0.1) is 0 Å². The van der Waals surface area contributed by atoms with Crippen LogP contribution < -0.4 is 45.4 Å². The Kier molecular flexibility index (Phi) is 8.85. The second kappa shape index (κ2) is 12.5. The maximum Gasteiger partial charge on any atom is 0.210 e. The van der Waals surface area contributed by atoms with Gasteiger partial charge in [-0.3, -0.25) is 0 Å². The smallest absolute Gasteiger partial charge is 0.210 e. The largest absolute Gasteiger partial charge is 1.00 e. The van der Waals surface area contributed by atoms with Crippen LogP contribution in [-0.4, -0.2) is 0 Å². The molecular weight excluding hydrogens is 535 g/mol. The molecule has 2 aromatic heterocycles. The average Bonchev–Trinajstić information content (AvgIpc) is 2.98. The molecule has 0 saturated heterocycles. The third-order valence-electron chi connectivity index (χ3n) is 6.81. The summed E-state index contributed by atoms with van der Waals surface area (Å²) in [6, 6.07) is 41.6. The molecule has 0 atom stereocenters. The van der Waals surface area contributed by atoms with Crippen LogP contribution >= 0.6 is 0 Å². The number of aromatic nitrogens is 2. The molecule has 0 amide bonds. The van der Waals surface area contributed by atoms with E-state index >= 15 is 0 Å². The number of nitrogen functional groups attached to an aromatic ring is 2. The van der Waals surface area contributed by atoms with Gasteiger partial charge in [-0.05, 0) is 81.9 Å². The van der Waals surface area contributed by atoms with E-state index in [0.29, 0.717) is 0 Å². The van der Waals surface area contributed by atoms with Gasteiger partial charge in [-0.1, -0.05) is 24.3 Å². The van der Waals surface area contributed by atoms with E-state index in [0.717, 1.165) is 33.9 Å². The van der Waals surface area contributed by atoms with Crippen molar-refractivity contribution < 1.29 is 33.9 Å². The van der Waals surface area contributed by atoms with Gasteiger partial charge in [-0.2, -0.15) is 9.13 Å². The van der Waals surface area contributed by atoms with Crippen molar-refractivity contribution in [1.29, 1.82) is 0 Å². The summed E-state index contributed by atoms with van der Waals surface area (Å²) in [6.45, 7) is 0. The van der Waals surface area contributed by atoms with E-state index in [1.165, 1.54) is 22.3 Å². The molecule has 4 aromatic carbocycles. The number of nitrogens with zero attached hydrogens (tertiary/aromatic N) is 2. The minimum atomic E-state index is 0. The molecule has 0 fully saturated rings. The van der Waals surface area contributed by atoms with E-state index in [1.54, 1.807) is 0 Å². The molecule has 40 heavy (non-hydrogen) atoms. The zero-order chi connectivity index (χ0) is 25.9. The third-order valence-corrected chi connectivity index (χ3v) is 6.81. The van der Waals surface area contributed by atoms with Gasteiger partial charge >= 0.3 is 0 Å². The molecule has 0 spiro atoms. The van der Waals surface area contributed by atoms with Crippen LogP contribution in [0.1, 0.15) is 0 Å². The van der Waals surface area contributed by atoms with E-state index in [2.05, 4.69) is 107 Å². The van der Waals surface area contributed by atoms with Crippen molar-refractivity contribution in [3.8, 4) is 44.8 Å². The number of pyridine rings is 2. The normalized spacial score (nSPS) is 10.3. The first-order valence-corrected chi connectivity index (χ1v) is 12.6. The zero-order valence-electron chi connectivity index (χ0n) is 21.7. The lowest BCUT2D eigenvalue weighted by Gasteiger charge is -2.04. The van der Waals surface area contributed by atoms with Gasteiger partial charge in [0, 0.05) is 59.9 Å². The lowest BCUT2D eigenvalue weighted by molar-refractivity contribution is -0.596. The zero-order valence-corrected chi connectivity index (χ0v) is 23.2. The number of halogens is 2. The van der Waals surface area contributed by atoms with Gasteiger partial charge in [0.05, 0.1) is 0 Å². The molecule has 2 heterocycles. The highest BCUT2D eigenvalue weighted by Gasteiger charge is 2.10. The van der Waals surface area contributed by atoms with Crippen LogP contribution in [0.3, 0.4) is 0 Å². The standard InChI is InChI=1S/C34H27N4.2ClH/c35-31-9-1-25(2-10-31)27-5-13-33(14-6-27)37-21-17-29(18-22-37)30-19-23-38(24-20-30)34-15-7-28(8-16-34)26-3-11-32(36)12-4-26;;/h1-24,35H,36H2;2*1H/q+1;;/p-1. The van der Waals surface area contributed by atoms with Crippen LogP contribution in [0.25, 0.3) is 44.8 Å². The topological polar surface area (TPSA) is 59.8 Å². The Morgan fingerprint density at radius 3 is 0.800 bits per heavy atom. The van der Waals surface area contributed by atoms with Gasteiger partial charge in [-0.25, -0.2) is 0 Å². The Hall–Kier alpha value is -4.64. The molecule has 0 bridgehead atoms. The van der Waals surface area contributed by atoms with Gasteiger partial charge in [0.1, 0.15) is 0 Å². The molecular formula is C34H28Cl2N4. The Bertz CT molecular complexity index is 1530. The fourth-order valence-electron chi connectivity index (χ4n) is 4.59. The van der Waals surface area contributed by atoms with Crippen LogP contribution in [0.15, 0.2) is 146 Å². The fourth-order valence-corrected chi connectivity index (χ4v) is 4.59. The summed E-state index contributed by atoms with van der Waals surface area (Å²) in [6.07, 6.45) is 8.41. The third kappa shape index (κ3) is 6.15. The van der Waals surface area contributed by atoms with Crippen molar-refractivity contribution in [3.63, 3.8) is 0 Å². The monoisotopic (exact) mass is 562 g/mol. The van der Waals surface area contributed by atoms with E-state index < -0.39 is 0 Å². The van der Waals surface area contributed by atoms with E-state index in [4.69, 9.17) is 11.5 Å². The van der Waals surface area contributed by atoms with Crippen LogP contribution in [-0.2, 0) is 0 Å². The van der Waals surface area contributed by atoms with Crippen molar-refractivity contribution in [3.05, 3.63) is 146 Å². The highest BCUT2D eigenvalue weighted by Crippen LogP contribution is 2.23. The summed E-state index contributed by atoms with van der Waals surface area (Å²) in [5.74, 6) is 0. The maximum absolute atomic E-state index is 5.81. The number of benzene rings is 4. The minimum absolute atomic E-state index is 0. The second-order valence-corrected chi connectivity index (χ2v) is 9.33. The predicted molar refractivity (Wildman–Crippen MR) is 155 cm³/mol. The molecule has 6 aromatic rings. The minimum Gasteiger partial charge on any atom is -1.00 e. The molecule has 0 aliphatic rings. The summed E-state index contributed by atoms with van der Waals surface area (Å²) in [7, 11) is 0. The number of hydrogen-bond acceptors (Lipinski definition) is 2. The number of anilines is 2. The van der Waals surface area contributed by atoms with Gasteiger partial charge in [0.2, 0.25) is 11.4 Å². The van der Waals surface area contributed by atoms with Gasteiger partial charge in [0.15, 0.2) is 24.8 Å². The molecule has 0 unspecified atom stereocenters. The quantitative estimate of drug-likeness (QED) is 0.236. The molecule has 6 heteroatoms. The Balaban J connectivity index is 0.00000185. The summed E-state index contributed by atoms with van der Waals surface area (Å²) < 4.78 is 4.25. The first kappa shape index (κ1) is 28.4. The predicted octanol–water partition coefficient (Wildman–Crippen LogP) is 0.413. The SMILES string of the molecule is Nc1ccc(-c2ccc(-[n+]3ccc(-c4cc[n+](-c5ccc(-c6ccc(N)cc6)cc5)cc4)cc3)cc2)cc1.[Cl-].[Cl-]. The molecule has 0 radical (unpaired) electrons. The number of nitrogens with two attached hydrogens (primary N) is 2. The number of hydrogen-bond donors (Lipinski definition) is 2. The van der Waals surface area contributed by atoms with E-state index in [9.17, 15) is 0 Å². The lowest BCUT2D eigenvalue weighted by Crippen LogP contribution is -3.00. The fraction of sp³-hybridized carbons (Fsp3) is 0. The molecule has 4 N–H and O–H groups in total. The second-order valence-electron chi connectivity index (χ2n) is 9.33. The van der Waals surface area contributed by atoms with Crippen molar-refractivity contribution in [2.75, 3.05) is 11.5 Å². The van der Waals surface area contributed by atoms with Gasteiger partial charge in [0.25, 0.3) is 0 Å². The molecule has 0 aliphatic heterocycles. The Labute approximate surface area is 247 Å². The first-order valence-electron chi connectivity index (χ1n) is 12.6. The van der Waals surface area contributed by atoms with Crippen molar-refractivity contribution >= 4 is 11.4 Å². The number of rotatable bonds is 5. The molecule has 4 nitrogen and oxygen atoms in total. The van der Waals surface area contributed by atoms with Crippen molar-refractivity contribution in [1.82, 2.24) is 0 Å². The highest BCUT2D eigenvalue weighted by atomic mass is 35.5. The van der Waals surface area contributed by atoms with Crippen LogP contribution in [0.5, 0.6) is 0 Å². The van der Waals surface area contributed by atoms with E-state index in [-0.39, 0.29) is 24.8 Å². The van der Waals surface area contributed by atoms with Crippen LogP contribution in [0.4, 0.5) is 11.4 Å². The van der Waals surface area contributed by atoms with Crippen LogP contribution in [0, 0.1) is 0 Å². The highest BCUT2D eigenvalue weighted by molar-refractivity contribution is 5.67. The first-order chi connectivity index (χ1) is 18.6. The summed E-state index contributed by atoms with van der Waals surface area (Å²) in [5, 5.41) is 0. The summed E-state index contributed by atoms with van der Waals surface area (Å²) in [4.78, 5) is 0.